The van der Waals surface area contributed by atoms with E-state index in [0.717, 1.165) is 42.5 Å². The van der Waals surface area contributed by atoms with E-state index in [-0.39, 0.29) is 17.2 Å². The van der Waals surface area contributed by atoms with Crippen LogP contribution in [-0.4, -0.2) is 11.8 Å². The van der Waals surface area contributed by atoms with Gasteiger partial charge in [-0.05, 0) is 48.2 Å². The number of benzene rings is 1. The zero-order chi connectivity index (χ0) is 33.1. The zero-order valence-electron chi connectivity index (χ0n) is 29.3. The van der Waals surface area contributed by atoms with E-state index in [9.17, 15) is 14.4 Å². The van der Waals surface area contributed by atoms with Gasteiger partial charge in [-0.2, -0.15) is 0 Å². The van der Waals surface area contributed by atoms with E-state index in [1.807, 2.05) is 30.3 Å². The summed E-state index contributed by atoms with van der Waals surface area (Å²) in [5, 5.41) is 5.82. The number of carbonyl (C=O) groups is 2. The lowest BCUT2D eigenvalue weighted by molar-refractivity contribution is -0.117. The molecule has 0 atom stereocenters. The summed E-state index contributed by atoms with van der Waals surface area (Å²) in [6.45, 7) is 4.50. The molecule has 0 saturated heterocycles. The van der Waals surface area contributed by atoms with E-state index in [2.05, 4.69) is 24.5 Å². The molecule has 0 radical (unpaired) electrons. The highest BCUT2D eigenvalue weighted by Gasteiger charge is 2.07. The van der Waals surface area contributed by atoms with E-state index in [4.69, 9.17) is 0 Å². The highest BCUT2D eigenvalue weighted by molar-refractivity contribution is 5.91. The topological polar surface area (TPSA) is 75.3 Å². The van der Waals surface area contributed by atoms with E-state index < -0.39 is 0 Å². The fraction of sp³-hybridized carbons (Fsp3) is 0.634. The van der Waals surface area contributed by atoms with Crippen LogP contribution < -0.4 is 16.1 Å². The molecule has 0 aliphatic carbocycles. The fourth-order valence-corrected chi connectivity index (χ4v) is 5.94. The molecular weight excluding hydrogens is 568 g/mol. The normalized spacial score (nSPS) is 11.0. The van der Waals surface area contributed by atoms with Crippen LogP contribution in [0.1, 0.15) is 168 Å². The second-order valence-electron chi connectivity index (χ2n) is 13.1. The van der Waals surface area contributed by atoms with Gasteiger partial charge in [-0.1, -0.05) is 167 Å². The SMILES string of the molecule is CCCCCCCCCCCCCCCC(=O)Nc1ccc(-c2ccc(NC(=O)CCCCCCCCCCC)cc2)ccc1=O. The zero-order valence-corrected chi connectivity index (χ0v) is 29.3. The smallest absolute Gasteiger partial charge is 0.224 e. The Morgan fingerprint density at radius 3 is 1.22 bits per heavy atom. The summed E-state index contributed by atoms with van der Waals surface area (Å²) >= 11 is 0. The van der Waals surface area contributed by atoms with Crippen molar-refractivity contribution in [2.24, 2.45) is 0 Å². The summed E-state index contributed by atoms with van der Waals surface area (Å²) in [6, 6.07) is 14.5. The monoisotopic (exact) mass is 632 g/mol. The van der Waals surface area contributed by atoms with Crippen molar-refractivity contribution < 1.29 is 9.59 Å². The number of unbranched alkanes of at least 4 members (excludes halogenated alkanes) is 20. The van der Waals surface area contributed by atoms with Gasteiger partial charge in [0.25, 0.3) is 0 Å². The Kier molecular flexibility index (Phi) is 22.3. The molecule has 46 heavy (non-hydrogen) atoms. The quantitative estimate of drug-likeness (QED) is 0.0962. The molecule has 0 aromatic heterocycles. The van der Waals surface area contributed by atoms with Crippen molar-refractivity contribution in [2.45, 2.75) is 168 Å². The lowest BCUT2D eigenvalue weighted by Gasteiger charge is -2.07. The molecule has 0 aliphatic heterocycles. The van der Waals surface area contributed by atoms with Crippen LogP contribution in [0, 0.1) is 0 Å². The van der Waals surface area contributed by atoms with Crippen LogP contribution in [0.15, 0.2) is 53.3 Å². The standard InChI is InChI=1S/C41H64N2O3/c1-3-5-7-9-11-13-14-15-16-18-20-22-24-26-41(46)43-38-33-29-36(30-34-39(38)44)35-27-31-37(32-28-35)42-40(45)25-23-21-19-17-12-10-8-6-4-2/h27-34H,3-26H2,1-2H3,(H,42,45)(H,43,44,46). The predicted molar refractivity (Wildman–Crippen MR) is 198 cm³/mol. The average Bonchev–Trinajstić information content (AvgIpc) is 3.23. The van der Waals surface area contributed by atoms with Gasteiger partial charge in [0.1, 0.15) is 0 Å². The number of rotatable bonds is 27. The molecule has 0 aliphatic rings. The summed E-state index contributed by atoms with van der Waals surface area (Å²) in [4.78, 5) is 37.5. The number of hydrogen-bond donors (Lipinski definition) is 2. The maximum atomic E-state index is 12.6. The van der Waals surface area contributed by atoms with Crippen LogP contribution in [0.25, 0.3) is 11.1 Å². The van der Waals surface area contributed by atoms with Gasteiger partial charge in [0.15, 0.2) is 0 Å². The first-order chi connectivity index (χ1) is 22.5. The Morgan fingerprint density at radius 2 is 0.783 bits per heavy atom. The third-order valence-corrected chi connectivity index (χ3v) is 8.90. The Balaban J connectivity index is 1.64. The van der Waals surface area contributed by atoms with Crippen molar-refractivity contribution in [1.29, 1.82) is 0 Å². The van der Waals surface area contributed by atoms with Crippen LogP contribution in [0.3, 0.4) is 0 Å². The Hall–Kier alpha value is -2.95. The second kappa shape index (κ2) is 26.2. The first-order valence-electron chi connectivity index (χ1n) is 18.9. The molecule has 2 N–H and O–H groups in total. The maximum absolute atomic E-state index is 12.6. The molecule has 2 amide bonds. The summed E-state index contributed by atoms with van der Waals surface area (Å²) in [7, 11) is 0. The third-order valence-electron chi connectivity index (χ3n) is 8.90. The van der Waals surface area contributed by atoms with Gasteiger partial charge in [0.05, 0.1) is 5.69 Å². The van der Waals surface area contributed by atoms with Gasteiger partial charge in [0.2, 0.25) is 17.2 Å². The molecule has 2 aromatic carbocycles. The van der Waals surface area contributed by atoms with Crippen LogP contribution in [0.5, 0.6) is 0 Å². The maximum Gasteiger partial charge on any atom is 0.224 e. The Labute approximate surface area is 280 Å². The molecule has 0 bridgehead atoms. The molecule has 0 saturated carbocycles. The molecule has 0 spiro atoms. The van der Waals surface area contributed by atoms with Crippen LogP contribution in [0.2, 0.25) is 0 Å². The molecular formula is C41H64N2O3. The summed E-state index contributed by atoms with van der Waals surface area (Å²) in [6.07, 6.45) is 28.6. The van der Waals surface area contributed by atoms with Crippen molar-refractivity contribution in [3.8, 4) is 11.1 Å². The van der Waals surface area contributed by atoms with Crippen LogP contribution in [-0.2, 0) is 9.59 Å². The number of hydrogen-bond acceptors (Lipinski definition) is 3. The van der Waals surface area contributed by atoms with Crippen molar-refractivity contribution in [1.82, 2.24) is 0 Å². The largest absolute Gasteiger partial charge is 0.326 e. The van der Waals surface area contributed by atoms with Crippen molar-refractivity contribution >= 4 is 23.2 Å². The number of anilines is 2. The van der Waals surface area contributed by atoms with E-state index in [1.54, 1.807) is 12.1 Å². The second-order valence-corrected chi connectivity index (χ2v) is 13.1. The Morgan fingerprint density at radius 1 is 0.435 bits per heavy atom. The highest BCUT2D eigenvalue weighted by Crippen LogP contribution is 2.22. The predicted octanol–water partition coefficient (Wildman–Crippen LogP) is 12.0. The lowest BCUT2D eigenvalue weighted by atomic mass is 10.0. The van der Waals surface area contributed by atoms with Gasteiger partial charge in [0, 0.05) is 18.5 Å². The van der Waals surface area contributed by atoms with Crippen LogP contribution in [0.4, 0.5) is 11.4 Å². The number of carbonyl (C=O) groups excluding carboxylic acids is 2. The molecule has 256 valence electrons. The molecule has 5 heteroatoms. The van der Waals surface area contributed by atoms with Crippen molar-refractivity contribution in [3.63, 3.8) is 0 Å². The summed E-state index contributed by atoms with van der Waals surface area (Å²) in [5.41, 5.74) is 2.70. The minimum Gasteiger partial charge on any atom is -0.326 e. The van der Waals surface area contributed by atoms with Gasteiger partial charge in [-0.3, -0.25) is 14.4 Å². The molecule has 0 heterocycles. The molecule has 0 unspecified atom stereocenters. The van der Waals surface area contributed by atoms with Gasteiger partial charge >= 0.3 is 0 Å². The molecule has 2 aromatic rings. The van der Waals surface area contributed by atoms with Crippen LogP contribution >= 0.6 is 0 Å². The minimum absolute atomic E-state index is 0.0528. The van der Waals surface area contributed by atoms with Crippen molar-refractivity contribution in [3.05, 3.63) is 58.8 Å². The molecule has 0 fully saturated rings. The third kappa shape index (κ3) is 18.9. The Bertz CT molecular complexity index is 1140. The highest BCUT2D eigenvalue weighted by atomic mass is 16.2. The van der Waals surface area contributed by atoms with Crippen molar-refractivity contribution in [2.75, 3.05) is 10.6 Å². The van der Waals surface area contributed by atoms with E-state index in [0.29, 0.717) is 18.5 Å². The molecule has 2 rings (SSSR count). The first-order valence-corrected chi connectivity index (χ1v) is 18.9. The minimum atomic E-state index is -0.203. The van der Waals surface area contributed by atoms with Gasteiger partial charge in [-0.25, -0.2) is 0 Å². The number of nitrogens with one attached hydrogen (secondary N) is 2. The lowest BCUT2D eigenvalue weighted by Crippen LogP contribution is -2.16. The summed E-state index contributed by atoms with van der Waals surface area (Å²) < 4.78 is 0. The molecule has 5 nitrogen and oxygen atoms in total. The fourth-order valence-electron chi connectivity index (χ4n) is 5.94. The van der Waals surface area contributed by atoms with Gasteiger partial charge in [-0.15, -0.1) is 0 Å². The van der Waals surface area contributed by atoms with Gasteiger partial charge < -0.3 is 10.6 Å². The van der Waals surface area contributed by atoms with E-state index >= 15 is 0 Å². The van der Waals surface area contributed by atoms with E-state index in [1.165, 1.54) is 122 Å². The number of amides is 2. The average molecular weight is 633 g/mol. The first kappa shape index (κ1) is 39.2. The summed E-state index contributed by atoms with van der Waals surface area (Å²) in [5.74, 6) is -0.0487.